The predicted molar refractivity (Wildman–Crippen MR) is 126 cm³/mol. The van der Waals surface area contributed by atoms with Gasteiger partial charge in [-0.1, -0.05) is 51.8 Å². The fourth-order valence-corrected chi connectivity index (χ4v) is 9.22. The molecule has 3 nitrogen and oxygen atoms in total. The van der Waals surface area contributed by atoms with Gasteiger partial charge in [0.25, 0.3) is 0 Å². The van der Waals surface area contributed by atoms with Gasteiger partial charge < -0.3 is 4.74 Å². The first-order valence-electron chi connectivity index (χ1n) is 11.8. The number of allylic oxidation sites excluding steroid dienone is 4. The molecule has 4 rings (SSSR count). The molecule has 0 spiro atoms. The second-order valence-corrected chi connectivity index (χ2v) is 12.0. The van der Waals surface area contributed by atoms with Crippen molar-refractivity contribution >= 4 is 46.6 Å². The molecule has 0 radical (unpaired) electrons. The molecule has 32 heavy (non-hydrogen) atoms. The van der Waals surface area contributed by atoms with Gasteiger partial charge in [-0.2, -0.15) is 0 Å². The molecule has 0 amide bonds. The first-order valence-corrected chi connectivity index (χ1v) is 13.0. The molecular weight excluding hydrogens is 474 g/mol. The topological polar surface area (TPSA) is 43.4 Å². The summed E-state index contributed by atoms with van der Waals surface area (Å²) >= 11 is 21.0. The second-order valence-electron chi connectivity index (χ2n) is 10.4. The molecule has 4 aliphatic carbocycles. The number of ketones is 1. The molecule has 0 saturated heterocycles. The van der Waals surface area contributed by atoms with Crippen LogP contribution in [0.4, 0.5) is 4.39 Å². The number of hydrogen-bond acceptors (Lipinski definition) is 3. The van der Waals surface area contributed by atoms with Gasteiger partial charge in [0.2, 0.25) is 0 Å². The number of halogens is 4. The highest BCUT2D eigenvalue weighted by Gasteiger charge is 2.72. The number of ether oxygens (including phenoxy) is 1. The Balaban J connectivity index is 1.84. The summed E-state index contributed by atoms with van der Waals surface area (Å²) in [5.74, 6) is -0.619. The standard InChI is InChI=1S/C25H32Cl3FO3/c1-5-8-24-12-18(26)25(28)15(14(24)10-13(3)22(24)32-19(31)6-2)11-16(29)20-21(27)17(30)7-9-23(20,25)4/h7,9,13-16,18,22H,5-6,8,10-12H2,1-4H3/t13-,14+,15+,16+,18+,22-,23+,24+,25+/m1/s1. The molecule has 4 aliphatic rings. The van der Waals surface area contributed by atoms with Crippen LogP contribution in [-0.4, -0.2) is 34.3 Å². The van der Waals surface area contributed by atoms with Crippen molar-refractivity contribution in [3.05, 3.63) is 22.8 Å². The lowest BCUT2D eigenvalue weighted by Crippen LogP contribution is -2.67. The summed E-state index contributed by atoms with van der Waals surface area (Å²) in [7, 11) is 0. The van der Waals surface area contributed by atoms with E-state index in [2.05, 4.69) is 13.8 Å². The quantitative estimate of drug-likeness (QED) is 0.314. The minimum absolute atomic E-state index is 0.0650. The largest absolute Gasteiger partial charge is 0.461 e. The van der Waals surface area contributed by atoms with Crippen LogP contribution in [-0.2, 0) is 14.3 Å². The fraction of sp³-hybridized carbons (Fsp3) is 0.760. The van der Waals surface area contributed by atoms with Crippen LogP contribution in [0.3, 0.4) is 0 Å². The third-order valence-electron chi connectivity index (χ3n) is 8.90. The summed E-state index contributed by atoms with van der Waals surface area (Å²) in [6.45, 7) is 7.90. The van der Waals surface area contributed by atoms with E-state index in [4.69, 9.17) is 39.5 Å². The molecule has 9 atom stereocenters. The molecule has 178 valence electrons. The molecule has 0 aromatic heterocycles. The average Bonchev–Trinajstić information content (AvgIpc) is 2.99. The maximum Gasteiger partial charge on any atom is 0.305 e. The summed E-state index contributed by atoms with van der Waals surface area (Å²) < 4.78 is 21.8. The zero-order chi connectivity index (χ0) is 23.6. The van der Waals surface area contributed by atoms with E-state index in [-0.39, 0.29) is 58.1 Å². The number of carbonyl (C=O) groups excluding carboxylic acids is 2. The lowest BCUT2D eigenvalue weighted by Gasteiger charge is -2.64. The molecule has 0 unspecified atom stereocenters. The Labute approximate surface area is 205 Å². The van der Waals surface area contributed by atoms with Crippen molar-refractivity contribution in [2.75, 3.05) is 0 Å². The van der Waals surface area contributed by atoms with Gasteiger partial charge in [-0.25, -0.2) is 4.39 Å². The summed E-state index contributed by atoms with van der Waals surface area (Å²) in [4.78, 5) is 23.6. The zero-order valence-corrected chi connectivity index (χ0v) is 21.4. The Morgan fingerprint density at radius 2 is 1.97 bits per heavy atom. The summed E-state index contributed by atoms with van der Waals surface area (Å²) in [6.07, 6.45) is 5.15. The highest BCUT2D eigenvalue weighted by molar-refractivity contribution is 6.45. The number of carbonyl (C=O) groups is 2. The van der Waals surface area contributed by atoms with E-state index < -0.39 is 21.8 Å². The van der Waals surface area contributed by atoms with E-state index in [1.807, 2.05) is 6.92 Å². The summed E-state index contributed by atoms with van der Waals surface area (Å²) in [5.41, 5.74) is -1.02. The van der Waals surface area contributed by atoms with Crippen LogP contribution < -0.4 is 0 Å². The molecule has 0 aliphatic heterocycles. The van der Waals surface area contributed by atoms with Crippen molar-refractivity contribution in [2.24, 2.45) is 28.6 Å². The molecule has 3 saturated carbocycles. The van der Waals surface area contributed by atoms with Crippen LogP contribution >= 0.6 is 34.8 Å². The highest BCUT2D eigenvalue weighted by atomic mass is 35.5. The SMILES string of the molecule is CCC[C@]12C[C@H](Cl)[C@@]3(Cl)[C@@H](C[C@H](F)C4=C(Cl)C(=O)C=C[C@@]43C)[C@@H]1C[C@@H](C)[C@H]2OC(=O)CC. The van der Waals surface area contributed by atoms with Crippen LogP contribution in [0, 0.1) is 28.6 Å². The van der Waals surface area contributed by atoms with Gasteiger partial charge in [-0.3, -0.25) is 9.59 Å². The first kappa shape index (κ1) is 24.5. The number of rotatable bonds is 4. The van der Waals surface area contributed by atoms with Gasteiger partial charge in [0.05, 0.1) is 15.3 Å². The van der Waals surface area contributed by atoms with Crippen LogP contribution in [0.25, 0.3) is 0 Å². The Kier molecular flexibility index (Phi) is 6.34. The highest BCUT2D eigenvalue weighted by Crippen LogP contribution is 2.72. The van der Waals surface area contributed by atoms with Crippen molar-refractivity contribution in [3.63, 3.8) is 0 Å². The zero-order valence-electron chi connectivity index (χ0n) is 19.1. The molecule has 0 heterocycles. The minimum Gasteiger partial charge on any atom is -0.461 e. The van der Waals surface area contributed by atoms with Gasteiger partial charge in [-0.05, 0) is 55.1 Å². The van der Waals surface area contributed by atoms with Crippen molar-refractivity contribution in [3.8, 4) is 0 Å². The van der Waals surface area contributed by atoms with Crippen molar-refractivity contribution < 1.29 is 18.7 Å². The van der Waals surface area contributed by atoms with Gasteiger partial charge in [0.15, 0.2) is 5.78 Å². The van der Waals surface area contributed by atoms with Crippen LogP contribution in [0.5, 0.6) is 0 Å². The molecule has 0 N–H and O–H groups in total. The minimum atomic E-state index is -1.37. The maximum absolute atomic E-state index is 15.8. The van der Waals surface area contributed by atoms with E-state index in [1.54, 1.807) is 13.0 Å². The van der Waals surface area contributed by atoms with Gasteiger partial charge in [0.1, 0.15) is 12.3 Å². The monoisotopic (exact) mass is 504 g/mol. The third-order valence-corrected chi connectivity index (χ3v) is 10.8. The first-order chi connectivity index (χ1) is 15.0. The smallest absolute Gasteiger partial charge is 0.305 e. The van der Waals surface area contributed by atoms with Gasteiger partial charge in [0, 0.05) is 17.3 Å². The molecule has 3 fully saturated rings. The number of hydrogen-bond donors (Lipinski definition) is 0. The van der Waals surface area contributed by atoms with Crippen LogP contribution in [0.2, 0.25) is 0 Å². The van der Waals surface area contributed by atoms with E-state index >= 15 is 4.39 Å². The molecule has 0 aromatic rings. The fourth-order valence-electron chi connectivity index (χ4n) is 7.68. The number of fused-ring (bicyclic) bond motifs is 5. The van der Waals surface area contributed by atoms with Crippen molar-refractivity contribution in [1.82, 2.24) is 0 Å². The normalized spacial score (nSPS) is 47.7. The predicted octanol–water partition coefficient (Wildman–Crippen LogP) is 6.74. The Hall–Kier alpha value is -0.580. The van der Waals surface area contributed by atoms with Crippen LogP contribution in [0.15, 0.2) is 22.8 Å². The lowest BCUT2D eigenvalue weighted by molar-refractivity contribution is -0.163. The average molecular weight is 506 g/mol. The molecule has 7 heteroatoms. The lowest BCUT2D eigenvalue weighted by atomic mass is 9.46. The van der Waals surface area contributed by atoms with E-state index in [0.29, 0.717) is 12.8 Å². The Morgan fingerprint density at radius 1 is 1.28 bits per heavy atom. The second kappa shape index (κ2) is 8.27. The molecule has 0 bridgehead atoms. The number of esters is 1. The molecular formula is C25H32Cl3FO3. The number of alkyl halides is 3. The summed E-state index contributed by atoms with van der Waals surface area (Å²) in [6, 6.07) is 0. The third kappa shape index (κ3) is 3.11. The Morgan fingerprint density at radius 3 is 2.59 bits per heavy atom. The molecule has 0 aromatic carbocycles. The Bertz CT molecular complexity index is 888. The van der Waals surface area contributed by atoms with Crippen LogP contribution in [0.1, 0.15) is 66.2 Å². The van der Waals surface area contributed by atoms with Crippen molar-refractivity contribution in [2.45, 2.75) is 88.7 Å². The van der Waals surface area contributed by atoms with Gasteiger partial charge >= 0.3 is 5.97 Å². The van der Waals surface area contributed by atoms with Crippen molar-refractivity contribution in [1.29, 1.82) is 0 Å². The van der Waals surface area contributed by atoms with E-state index in [1.165, 1.54) is 6.08 Å². The van der Waals surface area contributed by atoms with E-state index in [0.717, 1.165) is 19.3 Å². The summed E-state index contributed by atoms with van der Waals surface area (Å²) in [5, 5.41) is -0.565. The van der Waals surface area contributed by atoms with E-state index in [9.17, 15) is 9.59 Å². The van der Waals surface area contributed by atoms with Gasteiger partial charge in [-0.15, -0.1) is 23.2 Å². The maximum atomic E-state index is 15.8.